The summed E-state index contributed by atoms with van der Waals surface area (Å²) in [6.45, 7) is 4.08. The zero-order valence-electron chi connectivity index (χ0n) is 10.6. The van der Waals surface area contributed by atoms with Crippen LogP contribution in [0.3, 0.4) is 0 Å². The molecule has 1 aliphatic rings. The number of halogens is 2. The van der Waals surface area contributed by atoms with E-state index in [1.807, 2.05) is 6.07 Å². The minimum atomic E-state index is 0.502. The van der Waals surface area contributed by atoms with Gasteiger partial charge in [0.15, 0.2) is 0 Å². The summed E-state index contributed by atoms with van der Waals surface area (Å²) >= 11 is 12.0. The van der Waals surface area contributed by atoms with Crippen molar-refractivity contribution in [2.75, 3.05) is 26.7 Å². The number of piperidine rings is 1. The summed E-state index contributed by atoms with van der Waals surface area (Å²) in [5.74, 6) is 0.724. The van der Waals surface area contributed by atoms with Gasteiger partial charge >= 0.3 is 0 Å². The highest BCUT2D eigenvalue weighted by molar-refractivity contribution is 6.32. The summed E-state index contributed by atoms with van der Waals surface area (Å²) in [5, 5.41) is 4.63. The van der Waals surface area contributed by atoms with Crippen LogP contribution in [0.15, 0.2) is 12.1 Å². The van der Waals surface area contributed by atoms with Gasteiger partial charge in [-0.1, -0.05) is 23.2 Å². The molecule has 1 fully saturated rings. The molecule has 0 aliphatic carbocycles. The lowest BCUT2D eigenvalue weighted by atomic mass is 9.99. The lowest BCUT2D eigenvalue weighted by Gasteiger charge is -2.27. The molecule has 1 aliphatic heterocycles. The van der Waals surface area contributed by atoms with Gasteiger partial charge in [-0.25, -0.2) is 4.98 Å². The normalized spacial score (nSPS) is 20.3. The molecule has 2 heterocycles. The maximum absolute atomic E-state index is 6.12. The highest BCUT2D eigenvalue weighted by Crippen LogP contribution is 2.19. The van der Waals surface area contributed by atoms with E-state index in [1.54, 1.807) is 6.07 Å². The minimum absolute atomic E-state index is 0.502. The Morgan fingerprint density at radius 1 is 1.44 bits per heavy atom. The van der Waals surface area contributed by atoms with E-state index in [4.69, 9.17) is 23.2 Å². The molecule has 0 saturated carbocycles. The van der Waals surface area contributed by atoms with E-state index in [2.05, 4.69) is 22.2 Å². The molecule has 0 bridgehead atoms. The highest BCUT2D eigenvalue weighted by atomic mass is 35.5. The van der Waals surface area contributed by atoms with Crippen molar-refractivity contribution >= 4 is 23.2 Å². The number of aromatic nitrogens is 1. The first kappa shape index (κ1) is 14.1. The number of hydrogen-bond donors (Lipinski definition) is 1. The van der Waals surface area contributed by atoms with Crippen LogP contribution in [0, 0.1) is 5.92 Å². The van der Waals surface area contributed by atoms with Crippen LogP contribution in [0.1, 0.15) is 18.5 Å². The van der Waals surface area contributed by atoms with Crippen molar-refractivity contribution in [3.05, 3.63) is 28.0 Å². The zero-order chi connectivity index (χ0) is 13.0. The van der Waals surface area contributed by atoms with Crippen LogP contribution in [0.25, 0.3) is 0 Å². The Bertz CT molecular complexity index is 392. The maximum atomic E-state index is 6.12. The van der Waals surface area contributed by atoms with Crippen LogP contribution in [0.2, 0.25) is 10.2 Å². The van der Waals surface area contributed by atoms with Crippen molar-refractivity contribution in [3.63, 3.8) is 0 Å². The standard InChI is InChI=1S/C13H19Cl2N3/c1-18(8-10-3-2-6-16-7-10)9-12-11(14)4-5-13(15)17-12/h4-5,10,16H,2-3,6-9H2,1H3. The van der Waals surface area contributed by atoms with Gasteiger partial charge in [0.05, 0.1) is 10.7 Å². The quantitative estimate of drug-likeness (QED) is 0.864. The van der Waals surface area contributed by atoms with Crippen LogP contribution in [-0.2, 0) is 6.54 Å². The number of rotatable bonds is 4. The van der Waals surface area contributed by atoms with Gasteiger partial charge in [-0.3, -0.25) is 0 Å². The van der Waals surface area contributed by atoms with Gasteiger partial charge in [-0.05, 0) is 51.0 Å². The van der Waals surface area contributed by atoms with Crippen LogP contribution >= 0.6 is 23.2 Å². The minimum Gasteiger partial charge on any atom is -0.316 e. The molecule has 1 saturated heterocycles. The van der Waals surface area contributed by atoms with Crippen LogP contribution in [0.5, 0.6) is 0 Å². The smallest absolute Gasteiger partial charge is 0.129 e. The molecule has 1 aromatic rings. The van der Waals surface area contributed by atoms with Gasteiger partial charge in [0.2, 0.25) is 0 Å². The summed E-state index contributed by atoms with van der Waals surface area (Å²) in [6, 6.07) is 3.53. The van der Waals surface area contributed by atoms with E-state index in [9.17, 15) is 0 Å². The summed E-state index contributed by atoms with van der Waals surface area (Å²) in [6.07, 6.45) is 2.57. The van der Waals surface area contributed by atoms with Gasteiger partial charge in [-0.2, -0.15) is 0 Å². The van der Waals surface area contributed by atoms with Gasteiger partial charge in [-0.15, -0.1) is 0 Å². The first-order chi connectivity index (χ1) is 8.65. The predicted molar refractivity (Wildman–Crippen MR) is 76.2 cm³/mol. The number of nitrogens with zero attached hydrogens (tertiary/aromatic N) is 2. The molecule has 0 spiro atoms. The molecular weight excluding hydrogens is 269 g/mol. The third kappa shape index (κ3) is 4.09. The molecule has 1 aromatic heterocycles. The fourth-order valence-electron chi connectivity index (χ4n) is 2.41. The monoisotopic (exact) mass is 287 g/mol. The predicted octanol–water partition coefficient (Wildman–Crippen LogP) is 2.82. The molecule has 0 aromatic carbocycles. The van der Waals surface area contributed by atoms with Crippen molar-refractivity contribution < 1.29 is 0 Å². The van der Waals surface area contributed by atoms with E-state index >= 15 is 0 Å². The van der Waals surface area contributed by atoms with Gasteiger partial charge < -0.3 is 10.2 Å². The van der Waals surface area contributed by atoms with E-state index < -0.39 is 0 Å². The molecule has 5 heteroatoms. The summed E-state index contributed by atoms with van der Waals surface area (Å²) < 4.78 is 0. The largest absolute Gasteiger partial charge is 0.316 e. The van der Waals surface area contributed by atoms with Crippen LogP contribution < -0.4 is 5.32 Å². The van der Waals surface area contributed by atoms with Gasteiger partial charge in [0.1, 0.15) is 5.15 Å². The molecule has 100 valence electrons. The highest BCUT2D eigenvalue weighted by Gasteiger charge is 2.16. The summed E-state index contributed by atoms with van der Waals surface area (Å²) in [4.78, 5) is 6.55. The number of hydrogen-bond acceptors (Lipinski definition) is 3. The molecule has 1 unspecified atom stereocenters. The van der Waals surface area contributed by atoms with Gasteiger partial charge in [0.25, 0.3) is 0 Å². The molecule has 2 rings (SSSR count). The van der Waals surface area contributed by atoms with Crippen LogP contribution in [-0.4, -0.2) is 36.6 Å². The van der Waals surface area contributed by atoms with Crippen molar-refractivity contribution in [1.29, 1.82) is 0 Å². The number of pyridine rings is 1. The first-order valence-corrected chi connectivity index (χ1v) is 7.11. The van der Waals surface area contributed by atoms with E-state index in [-0.39, 0.29) is 0 Å². The summed E-state index contributed by atoms with van der Waals surface area (Å²) in [5.41, 5.74) is 0.857. The second kappa shape index (κ2) is 6.71. The maximum Gasteiger partial charge on any atom is 0.129 e. The lowest BCUT2D eigenvalue weighted by Crippen LogP contribution is -2.36. The second-order valence-corrected chi connectivity index (χ2v) is 5.77. The lowest BCUT2D eigenvalue weighted by molar-refractivity contribution is 0.236. The van der Waals surface area contributed by atoms with Crippen molar-refractivity contribution in [1.82, 2.24) is 15.2 Å². The van der Waals surface area contributed by atoms with E-state index in [0.29, 0.717) is 10.2 Å². The Morgan fingerprint density at radius 3 is 3.00 bits per heavy atom. The molecule has 3 nitrogen and oxygen atoms in total. The molecular formula is C13H19Cl2N3. The number of nitrogens with one attached hydrogen (secondary N) is 1. The Kier molecular flexibility index (Phi) is 5.25. The Morgan fingerprint density at radius 2 is 2.28 bits per heavy atom. The fraction of sp³-hybridized carbons (Fsp3) is 0.615. The first-order valence-electron chi connectivity index (χ1n) is 6.35. The van der Waals surface area contributed by atoms with E-state index in [1.165, 1.54) is 12.8 Å². The van der Waals surface area contributed by atoms with Crippen LogP contribution in [0.4, 0.5) is 0 Å². The topological polar surface area (TPSA) is 28.2 Å². The van der Waals surface area contributed by atoms with Crippen molar-refractivity contribution in [2.24, 2.45) is 5.92 Å². The van der Waals surface area contributed by atoms with Crippen molar-refractivity contribution in [3.8, 4) is 0 Å². The van der Waals surface area contributed by atoms with Crippen molar-refractivity contribution in [2.45, 2.75) is 19.4 Å². The van der Waals surface area contributed by atoms with E-state index in [0.717, 1.165) is 37.8 Å². The molecule has 1 atom stereocenters. The molecule has 0 radical (unpaired) electrons. The zero-order valence-corrected chi connectivity index (χ0v) is 12.1. The molecule has 18 heavy (non-hydrogen) atoms. The second-order valence-electron chi connectivity index (χ2n) is 4.97. The Hall–Kier alpha value is -0.350. The Labute approximate surface area is 118 Å². The third-order valence-corrected chi connectivity index (χ3v) is 3.83. The van der Waals surface area contributed by atoms with Gasteiger partial charge in [0, 0.05) is 13.1 Å². The Balaban J connectivity index is 1.89. The fourth-order valence-corrected chi connectivity index (χ4v) is 2.74. The SMILES string of the molecule is CN(Cc1nc(Cl)ccc1Cl)CC1CCCNC1. The summed E-state index contributed by atoms with van der Waals surface area (Å²) in [7, 11) is 2.10. The third-order valence-electron chi connectivity index (χ3n) is 3.27. The molecule has 1 N–H and O–H groups in total. The average molecular weight is 288 g/mol. The molecule has 0 amide bonds. The average Bonchev–Trinajstić information content (AvgIpc) is 2.35.